The van der Waals surface area contributed by atoms with Gasteiger partial charge in [-0.2, -0.15) is 4.98 Å². The van der Waals surface area contributed by atoms with E-state index in [1.54, 1.807) is 12.1 Å². The number of para-hydroxylation sites is 2. The molecule has 0 amide bonds. The number of nitrogens with one attached hydrogen (secondary N) is 2. The maximum absolute atomic E-state index is 6.09. The molecule has 0 spiro atoms. The number of aromatic nitrogens is 2. The molecule has 0 aliphatic carbocycles. The highest BCUT2D eigenvalue weighted by atomic mass is 35.5. The molecule has 2 N–H and O–H groups in total. The molecule has 0 fully saturated rings. The first-order valence-corrected chi connectivity index (χ1v) is 8.75. The van der Waals surface area contributed by atoms with E-state index in [9.17, 15) is 0 Å². The minimum atomic E-state index is 0.472. The maximum Gasteiger partial charge on any atom is 0.229 e. The van der Waals surface area contributed by atoms with Crippen molar-refractivity contribution in [1.29, 1.82) is 0 Å². The molecule has 128 valence electrons. The summed E-state index contributed by atoms with van der Waals surface area (Å²) >= 11 is 12.1. The van der Waals surface area contributed by atoms with Crippen LogP contribution in [0.4, 0.5) is 23.1 Å². The fourth-order valence-electron chi connectivity index (χ4n) is 2.59. The molecule has 0 unspecified atom stereocenters. The number of hydrogen-bond acceptors (Lipinski definition) is 4. The molecule has 6 heteroatoms. The molecule has 3 aromatic carbocycles. The SMILES string of the molecule is Clc1ccc(Nc2nc(Nc3ccccc3)c3ccccc3n2)cc1Cl. The zero-order chi connectivity index (χ0) is 17.9. The fourth-order valence-corrected chi connectivity index (χ4v) is 2.89. The second-order valence-electron chi connectivity index (χ2n) is 5.66. The van der Waals surface area contributed by atoms with Crippen LogP contribution in [0.3, 0.4) is 0 Å². The smallest absolute Gasteiger partial charge is 0.229 e. The molecular formula is C20H14Cl2N4. The molecule has 4 nitrogen and oxygen atoms in total. The van der Waals surface area contributed by atoms with E-state index in [4.69, 9.17) is 23.2 Å². The Labute approximate surface area is 160 Å². The summed E-state index contributed by atoms with van der Waals surface area (Å²) in [5.41, 5.74) is 2.56. The summed E-state index contributed by atoms with van der Waals surface area (Å²) in [5, 5.41) is 8.46. The van der Waals surface area contributed by atoms with E-state index in [1.165, 1.54) is 0 Å². The van der Waals surface area contributed by atoms with Gasteiger partial charge in [0.15, 0.2) is 0 Å². The van der Waals surface area contributed by atoms with Gasteiger partial charge in [0, 0.05) is 16.8 Å². The van der Waals surface area contributed by atoms with Gasteiger partial charge in [-0.05, 0) is 42.5 Å². The van der Waals surface area contributed by atoms with Crippen molar-refractivity contribution in [2.24, 2.45) is 0 Å². The fraction of sp³-hybridized carbons (Fsp3) is 0. The molecule has 0 atom stereocenters. The van der Waals surface area contributed by atoms with Crippen molar-refractivity contribution in [3.05, 3.63) is 82.8 Å². The van der Waals surface area contributed by atoms with Crippen molar-refractivity contribution in [2.75, 3.05) is 10.6 Å². The van der Waals surface area contributed by atoms with Gasteiger partial charge in [-0.3, -0.25) is 0 Å². The van der Waals surface area contributed by atoms with Crippen LogP contribution < -0.4 is 10.6 Å². The van der Waals surface area contributed by atoms with Crippen molar-refractivity contribution < 1.29 is 0 Å². The number of nitrogens with zero attached hydrogens (tertiary/aromatic N) is 2. The van der Waals surface area contributed by atoms with Crippen molar-refractivity contribution in [1.82, 2.24) is 9.97 Å². The van der Waals surface area contributed by atoms with Gasteiger partial charge in [-0.15, -0.1) is 0 Å². The van der Waals surface area contributed by atoms with Gasteiger partial charge in [0.1, 0.15) is 5.82 Å². The Bertz CT molecular complexity index is 1070. The topological polar surface area (TPSA) is 49.8 Å². The molecule has 0 bridgehead atoms. The molecule has 4 aromatic rings. The van der Waals surface area contributed by atoms with E-state index in [0.717, 1.165) is 28.1 Å². The van der Waals surface area contributed by atoms with Crippen molar-refractivity contribution >= 4 is 57.2 Å². The number of halogens is 2. The average molecular weight is 381 g/mol. The van der Waals surface area contributed by atoms with Gasteiger partial charge in [-0.25, -0.2) is 4.98 Å². The summed E-state index contributed by atoms with van der Waals surface area (Å²) in [7, 11) is 0. The Hall–Kier alpha value is -2.82. The van der Waals surface area contributed by atoms with Crippen LogP contribution in [0.15, 0.2) is 72.8 Å². The molecule has 0 saturated heterocycles. The molecule has 26 heavy (non-hydrogen) atoms. The van der Waals surface area contributed by atoms with Gasteiger partial charge >= 0.3 is 0 Å². The predicted octanol–water partition coefficient (Wildman–Crippen LogP) is 6.42. The average Bonchev–Trinajstić information content (AvgIpc) is 2.66. The molecule has 1 aromatic heterocycles. The van der Waals surface area contributed by atoms with Gasteiger partial charge in [-0.1, -0.05) is 53.5 Å². The molecule has 4 rings (SSSR count). The van der Waals surface area contributed by atoms with Crippen LogP contribution in [-0.2, 0) is 0 Å². The van der Waals surface area contributed by atoms with Crippen LogP contribution in [0.25, 0.3) is 10.9 Å². The first kappa shape index (κ1) is 16.6. The summed E-state index contributed by atoms with van der Waals surface area (Å²) in [4.78, 5) is 9.22. The molecule has 1 heterocycles. The zero-order valence-electron chi connectivity index (χ0n) is 13.6. The Morgan fingerprint density at radius 3 is 2.23 bits per heavy atom. The van der Waals surface area contributed by atoms with Crippen molar-refractivity contribution in [3.8, 4) is 0 Å². The standard InChI is InChI=1S/C20H14Cl2N4/c21-16-11-10-14(12-17(16)22)24-20-25-18-9-5-4-8-15(18)19(26-20)23-13-6-2-1-3-7-13/h1-12H,(H2,23,24,25,26). The Balaban J connectivity index is 1.74. The molecular weight excluding hydrogens is 367 g/mol. The lowest BCUT2D eigenvalue weighted by atomic mass is 10.2. The molecule has 0 aliphatic rings. The normalized spacial score (nSPS) is 10.7. The second kappa shape index (κ2) is 7.20. The van der Waals surface area contributed by atoms with Gasteiger partial charge < -0.3 is 10.6 Å². The Morgan fingerprint density at radius 2 is 1.42 bits per heavy atom. The van der Waals surface area contributed by atoms with Crippen LogP contribution in [0.1, 0.15) is 0 Å². The number of fused-ring (bicyclic) bond motifs is 1. The molecule has 0 saturated carbocycles. The molecule has 0 aliphatic heterocycles. The van der Waals surface area contributed by atoms with Crippen LogP contribution in [-0.4, -0.2) is 9.97 Å². The van der Waals surface area contributed by atoms with E-state index in [-0.39, 0.29) is 0 Å². The summed E-state index contributed by atoms with van der Waals surface area (Å²) in [5.74, 6) is 1.20. The third kappa shape index (κ3) is 3.57. The van der Waals surface area contributed by atoms with Crippen LogP contribution in [0.5, 0.6) is 0 Å². The quantitative estimate of drug-likeness (QED) is 0.428. The lowest BCUT2D eigenvalue weighted by molar-refractivity contribution is 1.21. The van der Waals surface area contributed by atoms with E-state index in [1.807, 2.05) is 60.7 Å². The highest BCUT2D eigenvalue weighted by molar-refractivity contribution is 6.42. The summed E-state index contributed by atoms with van der Waals surface area (Å²) in [6, 6.07) is 23.1. The highest BCUT2D eigenvalue weighted by Crippen LogP contribution is 2.29. The van der Waals surface area contributed by atoms with Crippen LogP contribution >= 0.6 is 23.2 Å². The summed E-state index contributed by atoms with van der Waals surface area (Å²) in [6.07, 6.45) is 0. The highest BCUT2D eigenvalue weighted by Gasteiger charge is 2.09. The van der Waals surface area contributed by atoms with E-state index >= 15 is 0 Å². The van der Waals surface area contributed by atoms with Crippen LogP contribution in [0, 0.1) is 0 Å². The maximum atomic E-state index is 6.09. The Morgan fingerprint density at radius 1 is 0.654 bits per heavy atom. The zero-order valence-corrected chi connectivity index (χ0v) is 15.1. The summed E-state index contributed by atoms with van der Waals surface area (Å²) < 4.78 is 0. The molecule has 0 radical (unpaired) electrons. The van der Waals surface area contributed by atoms with Crippen LogP contribution in [0.2, 0.25) is 10.0 Å². The summed E-state index contributed by atoms with van der Waals surface area (Å²) in [6.45, 7) is 0. The minimum Gasteiger partial charge on any atom is -0.340 e. The minimum absolute atomic E-state index is 0.472. The third-order valence-corrected chi connectivity index (χ3v) is 4.55. The monoisotopic (exact) mass is 380 g/mol. The lowest BCUT2D eigenvalue weighted by Crippen LogP contribution is -2.02. The Kier molecular flexibility index (Phi) is 4.61. The number of anilines is 4. The number of hydrogen-bond donors (Lipinski definition) is 2. The number of rotatable bonds is 4. The lowest BCUT2D eigenvalue weighted by Gasteiger charge is -2.12. The first-order valence-electron chi connectivity index (χ1n) is 8.00. The van der Waals surface area contributed by atoms with Crippen molar-refractivity contribution in [2.45, 2.75) is 0 Å². The van der Waals surface area contributed by atoms with Crippen molar-refractivity contribution in [3.63, 3.8) is 0 Å². The predicted molar refractivity (Wildman–Crippen MR) is 109 cm³/mol. The first-order chi connectivity index (χ1) is 12.7. The largest absolute Gasteiger partial charge is 0.340 e. The van der Waals surface area contributed by atoms with E-state index in [2.05, 4.69) is 20.6 Å². The van der Waals surface area contributed by atoms with E-state index < -0.39 is 0 Å². The second-order valence-corrected chi connectivity index (χ2v) is 6.47. The van der Waals surface area contributed by atoms with Gasteiger partial charge in [0.2, 0.25) is 5.95 Å². The van der Waals surface area contributed by atoms with Gasteiger partial charge in [0.05, 0.1) is 15.6 Å². The number of benzene rings is 3. The van der Waals surface area contributed by atoms with E-state index in [0.29, 0.717) is 16.0 Å². The third-order valence-electron chi connectivity index (χ3n) is 3.82. The van der Waals surface area contributed by atoms with Gasteiger partial charge in [0.25, 0.3) is 0 Å².